The van der Waals surface area contributed by atoms with E-state index in [9.17, 15) is 4.79 Å². The van der Waals surface area contributed by atoms with E-state index in [1.807, 2.05) is 6.92 Å². The summed E-state index contributed by atoms with van der Waals surface area (Å²) in [5, 5.41) is 6.45. The molecule has 2 unspecified atom stereocenters. The summed E-state index contributed by atoms with van der Waals surface area (Å²) in [6.45, 7) is 6.28. The fourth-order valence-electron chi connectivity index (χ4n) is 2.08. The molecule has 2 N–H and O–H groups in total. The Hall–Kier alpha value is -0.570. The molecule has 0 saturated carbocycles. The van der Waals surface area contributed by atoms with Gasteiger partial charge in [0.15, 0.2) is 0 Å². The highest BCUT2D eigenvalue weighted by Gasteiger charge is 2.24. The van der Waals surface area contributed by atoms with E-state index in [0.717, 1.165) is 19.5 Å². The molecular weight excluding hydrogens is 176 g/mol. The SMILES string of the molecule is CCCC(=O)NC1CNCCC1CC. The lowest BCUT2D eigenvalue weighted by Gasteiger charge is -2.32. The molecular formula is C11H22N2O. The number of carbonyl (C=O) groups is 1. The number of rotatable bonds is 4. The fraction of sp³-hybridized carbons (Fsp3) is 0.909. The van der Waals surface area contributed by atoms with Crippen LogP contribution in [0.1, 0.15) is 39.5 Å². The molecule has 0 bridgehead atoms. The van der Waals surface area contributed by atoms with Crippen LogP contribution in [0.4, 0.5) is 0 Å². The number of hydrogen-bond acceptors (Lipinski definition) is 2. The third-order valence-corrected chi connectivity index (χ3v) is 2.97. The van der Waals surface area contributed by atoms with Crippen LogP contribution < -0.4 is 10.6 Å². The molecule has 0 aromatic rings. The van der Waals surface area contributed by atoms with E-state index in [1.165, 1.54) is 12.8 Å². The normalized spacial score (nSPS) is 27.3. The maximum Gasteiger partial charge on any atom is 0.220 e. The van der Waals surface area contributed by atoms with Crippen molar-refractivity contribution in [2.45, 2.75) is 45.6 Å². The average molecular weight is 198 g/mol. The van der Waals surface area contributed by atoms with Gasteiger partial charge < -0.3 is 10.6 Å². The maximum absolute atomic E-state index is 11.4. The van der Waals surface area contributed by atoms with E-state index in [4.69, 9.17) is 0 Å². The molecule has 1 aliphatic rings. The smallest absolute Gasteiger partial charge is 0.220 e. The first-order chi connectivity index (χ1) is 6.77. The van der Waals surface area contributed by atoms with Gasteiger partial charge in [0.2, 0.25) is 5.91 Å². The lowest BCUT2D eigenvalue weighted by atomic mass is 9.90. The van der Waals surface area contributed by atoms with Gasteiger partial charge in [-0.15, -0.1) is 0 Å². The lowest BCUT2D eigenvalue weighted by Crippen LogP contribution is -2.50. The summed E-state index contributed by atoms with van der Waals surface area (Å²) in [6, 6.07) is 0.354. The first kappa shape index (κ1) is 11.5. The van der Waals surface area contributed by atoms with Crippen LogP contribution in [0.3, 0.4) is 0 Å². The molecule has 1 saturated heterocycles. The molecule has 1 fully saturated rings. The van der Waals surface area contributed by atoms with Crippen molar-refractivity contribution in [2.24, 2.45) is 5.92 Å². The van der Waals surface area contributed by atoms with Gasteiger partial charge in [0.05, 0.1) is 0 Å². The van der Waals surface area contributed by atoms with E-state index in [2.05, 4.69) is 17.6 Å². The zero-order valence-corrected chi connectivity index (χ0v) is 9.31. The van der Waals surface area contributed by atoms with Gasteiger partial charge in [-0.3, -0.25) is 4.79 Å². The quantitative estimate of drug-likeness (QED) is 0.714. The minimum Gasteiger partial charge on any atom is -0.352 e. The first-order valence-corrected chi connectivity index (χ1v) is 5.78. The summed E-state index contributed by atoms with van der Waals surface area (Å²) in [5.41, 5.74) is 0. The number of piperidine rings is 1. The highest BCUT2D eigenvalue weighted by Crippen LogP contribution is 2.16. The zero-order valence-electron chi connectivity index (χ0n) is 9.31. The van der Waals surface area contributed by atoms with Crippen LogP contribution in [-0.2, 0) is 4.79 Å². The molecule has 14 heavy (non-hydrogen) atoms. The van der Waals surface area contributed by atoms with Crippen LogP contribution in [-0.4, -0.2) is 25.0 Å². The monoisotopic (exact) mass is 198 g/mol. The van der Waals surface area contributed by atoms with Gasteiger partial charge in [0.25, 0.3) is 0 Å². The Morgan fingerprint density at radius 3 is 2.93 bits per heavy atom. The molecule has 3 heteroatoms. The minimum atomic E-state index is 0.208. The molecule has 0 aliphatic carbocycles. The van der Waals surface area contributed by atoms with Gasteiger partial charge >= 0.3 is 0 Å². The lowest BCUT2D eigenvalue weighted by molar-refractivity contribution is -0.122. The number of nitrogens with one attached hydrogen (secondary N) is 2. The topological polar surface area (TPSA) is 41.1 Å². The minimum absolute atomic E-state index is 0.208. The van der Waals surface area contributed by atoms with E-state index in [-0.39, 0.29) is 5.91 Å². The average Bonchev–Trinajstić information content (AvgIpc) is 2.19. The Bertz CT molecular complexity index is 182. The van der Waals surface area contributed by atoms with Gasteiger partial charge in [-0.05, 0) is 25.3 Å². The Labute approximate surface area is 86.6 Å². The molecule has 0 aromatic heterocycles. The maximum atomic E-state index is 11.4. The van der Waals surface area contributed by atoms with Crippen molar-refractivity contribution in [2.75, 3.05) is 13.1 Å². The highest BCUT2D eigenvalue weighted by molar-refractivity contribution is 5.76. The summed E-state index contributed by atoms with van der Waals surface area (Å²) < 4.78 is 0. The van der Waals surface area contributed by atoms with Crippen LogP contribution in [0, 0.1) is 5.92 Å². The molecule has 1 heterocycles. The second kappa shape index (κ2) is 6.02. The molecule has 3 nitrogen and oxygen atoms in total. The van der Waals surface area contributed by atoms with E-state index in [1.54, 1.807) is 0 Å². The third kappa shape index (κ3) is 3.29. The highest BCUT2D eigenvalue weighted by atomic mass is 16.1. The summed E-state index contributed by atoms with van der Waals surface area (Å²) in [5.74, 6) is 0.872. The predicted octanol–water partition coefficient (Wildman–Crippen LogP) is 1.29. The number of carbonyl (C=O) groups excluding carboxylic acids is 1. The molecule has 1 rings (SSSR count). The van der Waals surface area contributed by atoms with Crippen molar-refractivity contribution in [3.8, 4) is 0 Å². The van der Waals surface area contributed by atoms with Crippen molar-refractivity contribution in [3.63, 3.8) is 0 Å². The molecule has 0 aromatic carbocycles. The van der Waals surface area contributed by atoms with Gasteiger partial charge in [-0.2, -0.15) is 0 Å². The van der Waals surface area contributed by atoms with Crippen LogP contribution in [0.2, 0.25) is 0 Å². The predicted molar refractivity (Wildman–Crippen MR) is 58.1 cm³/mol. The molecule has 2 atom stereocenters. The molecule has 1 aliphatic heterocycles. The van der Waals surface area contributed by atoms with Crippen molar-refractivity contribution < 1.29 is 4.79 Å². The summed E-state index contributed by atoms with van der Waals surface area (Å²) >= 11 is 0. The van der Waals surface area contributed by atoms with Crippen LogP contribution in [0.15, 0.2) is 0 Å². The van der Waals surface area contributed by atoms with Gasteiger partial charge in [0.1, 0.15) is 0 Å². The van der Waals surface area contributed by atoms with E-state index < -0.39 is 0 Å². The first-order valence-electron chi connectivity index (χ1n) is 5.78. The summed E-state index contributed by atoms with van der Waals surface area (Å²) in [6.07, 6.45) is 3.95. The zero-order chi connectivity index (χ0) is 10.4. The second-order valence-corrected chi connectivity index (χ2v) is 4.09. The van der Waals surface area contributed by atoms with Crippen LogP contribution >= 0.6 is 0 Å². The summed E-state index contributed by atoms with van der Waals surface area (Å²) in [4.78, 5) is 11.4. The Morgan fingerprint density at radius 2 is 2.29 bits per heavy atom. The van der Waals surface area contributed by atoms with Crippen molar-refractivity contribution in [1.82, 2.24) is 10.6 Å². The third-order valence-electron chi connectivity index (χ3n) is 2.97. The Balaban J connectivity index is 2.36. The van der Waals surface area contributed by atoms with Crippen molar-refractivity contribution in [3.05, 3.63) is 0 Å². The van der Waals surface area contributed by atoms with Gasteiger partial charge in [-0.1, -0.05) is 20.3 Å². The Morgan fingerprint density at radius 1 is 1.50 bits per heavy atom. The second-order valence-electron chi connectivity index (χ2n) is 4.09. The molecule has 0 spiro atoms. The Kier molecular flexibility index (Phi) is 4.94. The van der Waals surface area contributed by atoms with Crippen LogP contribution in [0.5, 0.6) is 0 Å². The number of amides is 1. The van der Waals surface area contributed by atoms with E-state index >= 15 is 0 Å². The summed E-state index contributed by atoms with van der Waals surface area (Å²) in [7, 11) is 0. The molecule has 1 amide bonds. The van der Waals surface area contributed by atoms with Crippen molar-refractivity contribution in [1.29, 1.82) is 0 Å². The molecule has 0 radical (unpaired) electrons. The van der Waals surface area contributed by atoms with Crippen molar-refractivity contribution >= 4 is 5.91 Å². The van der Waals surface area contributed by atoms with Gasteiger partial charge in [-0.25, -0.2) is 0 Å². The standard InChI is InChI=1S/C11H22N2O/c1-3-5-11(14)13-10-8-12-7-6-9(10)4-2/h9-10,12H,3-8H2,1-2H3,(H,13,14). The fourth-order valence-corrected chi connectivity index (χ4v) is 2.08. The molecule has 82 valence electrons. The number of hydrogen-bond donors (Lipinski definition) is 2. The van der Waals surface area contributed by atoms with Gasteiger partial charge in [0, 0.05) is 19.0 Å². The van der Waals surface area contributed by atoms with Crippen LogP contribution in [0.25, 0.3) is 0 Å². The van der Waals surface area contributed by atoms with E-state index in [0.29, 0.717) is 18.4 Å². The largest absolute Gasteiger partial charge is 0.352 e.